The Morgan fingerprint density at radius 2 is 0.971 bits per heavy atom. The first-order chi connectivity index (χ1) is 16.3. The van der Waals surface area contributed by atoms with E-state index in [1.807, 2.05) is 50.2 Å². The van der Waals surface area contributed by atoms with Gasteiger partial charge in [0.2, 0.25) is 0 Å². The third-order valence-electron chi connectivity index (χ3n) is 5.52. The number of hydrogen-bond donors (Lipinski definition) is 2. The monoisotopic (exact) mass is 488 g/mol. The lowest BCUT2D eigenvalue weighted by atomic mass is 9.99. The summed E-state index contributed by atoms with van der Waals surface area (Å²) >= 11 is 12.3. The van der Waals surface area contributed by atoms with E-state index >= 15 is 0 Å². The molecule has 170 valence electrons. The Kier molecular flexibility index (Phi) is 7.01. The molecule has 0 aliphatic carbocycles. The van der Waals surface area contributed by atoms with E-state index in [-0.39, 0.29) is 11.8 Å². The van der Waals surface area contributed by atoms with Gasteiger partial charge < -0.3 is 10.6 Å². The molecule has 0 heterocycles. The molecule has 0 unspecified atom stereocenters. The van der Waals surface area contributed by atoms with Crippen molar-refractivity contribution in [2.75, 3.05) is 10.6 Å². The minimum Gasteiger partial charge on any atom is -0.322 e. The summed E-state index contributed by atoms with van der Waals surface area (Å²) in [5, 5.41) is 6.67. The molecule has 0 bridgehead atoms. The second-order valence-corrected chi connectivity index (χ2v) is 8.74. The molecule has 0 aliphatic heterocycles. The minimum absolute atomic E-state index is 0.254. The molecule has 2 amide bonds. The minimum atomic E-state index is -0.254. The van der Waals surface area contributed by atoms with Crippen LogP contribution in [0, 0.1) is 13.8 Å². The van der Waals surface area contributed by atoms with Crippen LogP contribution in [0.25, 0.3) is 11.1 Å². The van der Waals surface area contributed by atoms with Gasteiger partial charge in [0.15, 0.2) is 0 Å². The zero-order valence-electron chi connectivity index (χ0n) is 18.7. The average molecular weight is 489 g/mol. The number of nitrogens with one attached hydrogen (secondary N) is 2. The summed E-state index contributed by atoms with van der Waals surface area (Å²) in [6.45, 7) is 3.88. The van der Waals surface area contributed by atoms with Crippen LogP contribution in [0.3, 0.4) is 0 Å². The van der Waals surface area contributed by atoms with Crippen LogP contribution in [0.15, 0.2) is 84.9 Å². The fourth-order valence-electron chi connectivity index (χ4n) is 3.64. The number of anilines is 2. The van der Waals surface area contributed by atoms with Gasteiger partial charge in [-0.05, 0) is 84.6 Å². The highest BCUT2D eigenvalue weighted by atomic mass is 35.5. The molecule has 2 N–H and O–H groups in total. The van der Waals surface area contributed by atoms with Crippen molar-refractivity contribution in [1.82, 2.24) is 0 Å². The molecule has 4 rings (SSSR count). The van der Waals surface area contributed by atoms with Gasteiger partial charge in [0, 0.05) is 11.4 Å². The molecule has 0 saturated carbocycles. The highest BCUT2D eigenvalue weighted by Crippen LogP contribution is 2.29. The largest absolute Gasteiger partial charge is 0.322 e. The van der Waals surface area contributed by atoms with E-state index in [4.69, 9.17) is 23.2 Å². The maximum Gasteiger partial charge on any atom is 0.257 e. The number of aryl methyl sites for hydroxylation is 2. The first-order valence-electron chi connectivity index (χ1n) is 10.7. The summed E-state index contributed by atoms with van der Waals surface area (Å²) in [4.78, 5) is 25.2. The van der Waals surface area contributed by atoms with Gasteiger partial charge in [0.05, 0.1) is 21.2 Å². The third-order valence-corrected chi connectivity index (χ3v) is 6.18. The molecule has 4 aromatic rings. The third kappa shape index (κ3) is 5.14. The van der Waals surface area contributed by atoms with Crippen molar-refractivity contribution < 1.29 is 9.59 Å². The van der Waals surface area contributed by atoms with E-state index in [0.717, 1.165) is 22.3 Å². The molecule has 4 nitrogen and oxygen atoms in total. The van der Waals surface area contributed by atoms with Crippen molar-refractivity contribution in [3.8, 4) is 11.1 Å². The molecule has 6 heteroatoms. The van der Waals surface area contributed by atoms with Crippen molar-refractivity contribution in [1.29, 1.82) is 0 Å². The summed E-state index contributed by atoms with van der Waals surface area (Å²) in [6, 6.07) is 25.6. The lowest BCUT2D eigenvalue weighted by molar-refractivity contribution is 0.101. The van der Waals surface area contributed by atoms with E-state index in [0.29, 0.717) is 32.5 Å². The summed E-state index contributed by atoms with van der Waals surface area (Å²) in [5.74, 6) is -0.508. The van der Waals surface area contributed by atoms with Crippen molar-refractivity contribution in [3.63, 3.8) is 0 Å². The first kappa shape index (κ1) is 23.6. The van der Waals surface area contributed by atoms with Gasteiger partial charge >= 0.3 is 0 Å². The lowest BCUT2D eigenvalue weighted by Crippen LogP contribution is -2.13. The van der Waals surface area contributed by atoms with Crippen LogP contribution in [-0.2, 0) is 0 Å². The Bertz CT molecular complexity index is 1290. The molecular formula is C28H22Cl2N2O2. The highest BCUT2D eigenvalue weighted by Gasteiger charge is 2.13. The standard InChI is InChI=1S/C28H22Cl2N2O2/c1-17-15-19(11-13-25(17)31-27(33)21-7-3-5-9-23(21)29)20-12-14-26(18(2)16-20)32-28(34)22-8-4-6-10-24(22)30/h3-16H,1-2H3,(H,31,33)(H,32,34). The topological polar surface area (TPSA) is 58.2 Å². The van der Waals surface area contributed by atoms with Crippen LogP contribution in [0.1, 0.15) is 31.8 Å². The number of amides is 2. The molecule has 34 heavy (non-hydrogen) atoms. The van der Waals surface area contributed by atoms with Crippen LogP contribution in [0.5, 0.6) is 0 Å². The maximum atomic E-state index is 12.6. The number of benzene rings is 4. The van der Waals surface area contributed by atoms with Crippen LogP contribution >= 0.6 is 23.2 Å². The molecule has 0 atom stereocenters. The number of hydrogen-bond acceptors (Lipinski definition) is 2. The van der Waals surface area contributed by atoms with Gasteiger partial charge in [-0.1, -0.05) is 59.6 Å². The fourth-order valence-corrected chi connectivity index (χ4v) is 4.08. The number of rotatable bonds is 5. The zero-order chi connectivity index (χ0) is 24.2. The van der Waals surface area contributed by atoms with E-state index in [1.54, 1.807) is 48.5 Å². The zero-order valence-corrected chi connectivity index (χ0v) is 20.2. The Hall–Kier alpha value is -3.60. The molecule has 0 aliphatic rings. The molecule has 0 fully saturated rings. The summed E-state index contributed by atoms with van der Waals surface area (Å²) in [5.41, 5.74) is 6.14. The average Bonchev–Trinajstić information content (AvgIpc) is 2.82. The SMILES string of the molecule is Cc1cc(-c2ccc(NC(=O)c3ccccc3Cl)c(C)c2)ccc1NC(=O)c1ccccc1Cl. The van der Waals surface area contributed by atoms with E-state index in [9.17, 15) is 9.59 Å². The van der Waals surface area contributed by atoms with Gasteiger partial charge in [-0.15, -0.1) is 0 Å². The molecular weight excluding hydrogens is 467 g/mol. The summed E-state index contributed by atoms with van der Waals surface area (Å²) in [6.07, 6.45) is 0. The van der Waals surface area contributed by atoms with Gasteiger partial charge in [-0.2, -0.15) is 0 Å². The Morgan fingerprint density at radius 1 is 0.588 bits per heavy atom. The van der Waals surface area contributed by atoms with Crippen molar-refractivity contribution in [2.45, 2.75) is 13.8 Å². The normalized spacial score (nSPS) is 10.6. The van der Waals surface area contributed by atoms with E-state index in [1.165, 1.54) is 0 Å². The van der Waals surface area contributed by atoms with Crippen molar-refractivity contribution in [3.05, 3.63) is 117 Å². The molecule has 0 spiro atoms. The fraction of sp³-hybridized carbons (Fsp3) is 0.0714. The first-order valence-corrected chi connectivity index (χ1v) is 11.4. The maximum absolute atomic E-state index is 12.6. The van der Waals surface area contributed by atoms with Crippen molar-refractivity contribution >= 4 is 46.4 Å². The van der Waals surface area contributed by atoms with Gasteiger partial charge in [0.25, 0.3) is 11.8 Å². The molecule has 0 saturated heterocycles. The second-order valence-electron chi connectivity index (χ2n) is 7.93. The van der Waals surface area contributed by atoms with E-state index < -0.39 is 0 Å². The highest BCUT2D eigenvalue weighted by molar-refractivity contribution is 6.35. The number of carbonyl (C=O) groups is 2. The number of carbonyl (C=O) groups excluding carboxylic acids is 2. The van der Waals surface area contributed by atoms with Crippen LogP contribution in [0.4, 0.5) is 11.4 Å². The Morgan fingerprint density at radius 3 is 1.32 bits per heavy atom. The van der Waals surface area contributed by atoms with Gasteiger partial charge in [-0.3, -0.25) is 9.59 Å². The predicted molar refractivity (Wildman–Crippen MR) is 140 cm³/mol. The van der Waals surface area contributed by atoms with Crippen LogP contribution in [-0.4, -0.2) is 11.8 Å². The molecule has 0 aromatic heterocycles. The lowest BCUT2D eigenvalue weighted by Gasteiger charge is -2.13. The van der Waals surface area contributed by atoms with Crippen molar-refractivity contribution in [2.24, 2.45) is 0 Å². The smallest absolute Gasteiger partial charge is 0.257 e. The van der Waals surface area contributed by atoms with Crippen LogP contribution < -0.4 is 10.6 Å². The summed E-state index contributed by atoms with van der Waals surface area (Å²) < 4.78 is 0. The second kappa shape index (κ2) is 10.1. The molecule has 0 radical (unpaired) electrons. The van der Waals surface area contributed by atoms with Gasteiger partial charge in [0.1, 0.15) is 0 Å². The Balaban J connectivity index is 1.51. The molecule has 4 aromatic carbocycles. The summed E-state index contributed by atoms with van der Waals surface area (Å²) in [7, 11) is 0. The quantitative estimate of drug-likeness (QED) is 0.301. The van der Waals surface area contributed by atoms with E-state index in [2.05, 4.69) is 10.6 Å². The van der Waals surface area contributed by atoms with Crippen LogP contribution in [0.2, 0.25) is 10.0 Å². The number of halogens is 2. The predicted octanol–water partition coefficient (Wildman–Crippen LogP) is 7.78. The van der Waals surface area contributed by atoms with Gasteiger partial charge in [-0.25, -0.2) is 0 Å². The Labute approximate surface area is 208 Å².